The maximum absolute atomic E-state index is 5.41. The Bertz CT molecular complexity index is 178. The quantitative estimate of drug-likeness (QED) is 0.460. The average Bonchev–Trinajstić information content (AvgIpc) is 1.64. The van der Waals surface area contributed by atoms with Crippen LogP contribution in [0.3, 0.4) is 0 Å². The summed E-state index contributed by atoms with van der Waals surface area (Å²) in [5.74, 6) is 0. The first-order valence-corrected chi connectivity index (χ1v) is 2.68. The number of aliphatic imine (C=N–C) groups is 2. The van der Waals surface area contributed by atoms with Crippen molar-refractivity contribution >= 4 is 33.7 Å². The zero-order valence-corrected chi connectivity index (χ0v) is 5.32. The van der Waals surface area contributed by atoms with Crippen molar-refractivity contribution in [3.63, 3.8) is 0 Å². The molecule has 4 heteroatoms. The van der Waals surface area contributed by atoms with Crippen LogP contribution in [0.15, 0.2) is 17.3 Å². The molecule has 0 aromatic carbocycles. The van der Waals surface area contributed by atoms with Gasteiger partial charge in [0.25, 0.3) is 0 Å². The Labute approximate surface area is 56.5 Å². The molecule has 2 nitrogen and oxygen atoms in total. The molecule has 0 aromatic heterocycles. The van der Waals surface area contributed by atoms with Crippen LogP contribution in [0.2, 0.25) is 0 Å². The maximum atomic E-state index is 5.41. The van der Waals surface area contributed by atoms with E-state index >= 15 is 0 Å². The molecule has 0 saturated heterocycles. The molecule has 8 heavy (non-hydrogen) atoms. The summed E-state index contributed by atoms with van der Waals surface area (Å²) < 4.78 is 0. The largest absolute Gasteiger partial charge is 0.438 e. The molecular weight excluding hydrogens is 147 g/mol. The van der Waals surface area contributed by atoms with Gasteiger partial charge in [0.1, 0.15) is 6.20 Å². The summed E-state index contributed by atoms with van der Waals surface area (Å²) in [5, 5.41) is 0.544. The molecule has 1 heterocycles. The fourth-order valence-electron chi connectivity index (χ4n) is 0.315. The zero-order valence-electron chi connectivity index (χ0n) is 3.81. The third kappa shape index (κ3) is 1.32. The monoisotopic (exact) mass is 148 g/mol. The van der Waals surface area contributed by atoms with Gasteiger partial charge in [-0.05, 0) is 21.6 Å². The lowest BCUT2D eigenvalue weighted by atomic mass is 10.6. The predicted octanol–water partition coefficient (Wildman–Crippen LogP) is 1.08. The number of rotatable bonds is 0. The molecule has 1 rings (SSSR count). The van der Waals surface area contributed by atoms with E-state index in [2.05, 4.69) is 9.98 Å². The van der Waals surface area contributed by atoms with Crippen LogP contribution in [0.25, 0.3) is 0 Å². The van der Waals surface area contributed by atoms with Crippen LogP contribution in [0.5, 0.6) is 0 Å². The van der Waals surface area contributed by atoms with E-state index < -0.39 is 0 Å². The van der Waals surface area contributed by atoms with Gasteiger partial charge in [-0.2, -0.15) is 0 Å². The molecule has 0 amide bonds. The van der Waals surface area contributed by atoms with Crippen molar-refractivity contribution in [3.8, 4) is 0 Å². The second-order valence-electron chi connectivity index (χ2n) is 1.15. The number of halogens is 2. The van der Waals surface area contributed by atoms with E-state index in [-0.39, 0.29) is 5.29 Å². The SMILES string of the molecule is ClC1=NC=CC(Cl)=[N+]1. The number of amidine groups is 1. The molecule has 0 aliphatic carbocycles. The zero-order chi connectivity index (χ0) is 5.98. The van der Waals surface area contributed by atoms with Crippen LogP contribution in [-0.4, -0.2) is 10.5 Å². The van der Waals surface area contributed by atoms with Crippen LogP contribution < -0.4 is 4.99 Å². The van der Waals surface area contributed by atoms with E-state index in [4.69, 9.17) is 23.2 Å². The Morgan fingerprint density at radius 3 is 2.62 bits per heavy atom. The van der Waals surface area contributed by atoms with Gasteiger partial charge < -0.3 is 0 Å². The smallest absolute Gasteiger partial charge is 0.0341 e. The van der Waals surface area contributed by atoms with Gasteiger partial charge in [0, 0.05) is 17.7 Å². The van der Waals surface area contributed by atoms with Gasteiger partial charge in [-0.15, -0.1) is 0 Å². The number of nitrogens with zero attached hydrogens (tertiary/aromatic N) is 2. The number of hydrogen-bond donors (Lipinski definition) is 0. The molecule has 0 fully saturated rings. The van der Waals surface area contributed by atoms with Crippen molar-refractivity contribution in [2.24, 2.45) is 4.99 Å². The second kappa shape index (κ2) is 2.29. The number of hydrogen-bond acceptors (Lipinski definition) is 2. The van der Waals surface area contributed by atoms with Gasteiger partial charge >= 0.3 is 5.29 Å². The molecule has 0 bridgehead atoms. The minimum atomic E-state index is 0.178. The van der Waals surface area contributed by atoms with Gasteiger partial charge in [-0.25, -0.2) is 0 Å². The van der Waals surface area contributed by atoms with Gasteiger partial charge in [0.15, 0.2) is 0 Å². The van der Waals surface area contributed by atoms with Crippen molar-refractivity contribution in [1.29, 1.82) is 0 Å². The summed E-state index contributed by atoms with van der Waals surface area (Å²) in [7, 11) is 0. The first-order chi connectivity index (χ1) is 3.79. The van der Waals surface area contributed by atoms with E-state index in [1.165, 1.54) is 6.20 Å². The normalized spacial score (nSPS) is 17.8. The lowest BCUT2D eigenvalue weighted by molar-refractivity contribution is 1.43. The van der Waals surface area contributed by atoms with E-state index in [9.17, 15) is 0 Å². The minimum absolute atomic E-state index is 0.178. The highest BCUT2D eigenvalue weighted by molar-refractivity contribution is 6.73. The lowest BCUT2D eigenvalue weighted by Crippen LogP contribution is -2.05. The molecular formula is C4H2Cl2N2+. The highest BCUT2D eigenvalue weighted by Gasteiger charge is 2.09. The summed E-state index contributed by atoms with van der Waals surface area (Å²) in [6.07, 6.45) is 3.06. The molecule has 1 radical (unpaired) electrons. The van der Waals surface area contributed by atoms with Crippen LogP contribution >= 0.6 is 23.2 Å². The molecule has 41 valence electrons. The summed E-state index contributed by atoms with van der Waals surface area (Å²) in [6, 6.07) is 0. The molecule has 0 spiro atoms. The van der Waals surface area contributed by atoms with Crippen molar-refractivity contribution in [1.82, 2.24) is 4.99 Å². The van der Waals surface area contributed by atoms with E-state index in [1.807, 2.05) is 0 Å². The van der Waals surface area contributed by atoms with Crippen LogP contribution in [0, 0.1) is 0 Å². The molecule has 1 aliphatic rings. The highest BCUT2D eigenvalue weighted by Crippen LogP contribution is 1.93. The van der Waals surface area contributed by atoms with Gasteiger partial charge in [0.2, 0.25) is 5.17 Å². The molecule has 0 atom stereocenters. The Morgan fingerprint density at radius 1 is 1.50 bits per heavy atom. The van der Waals surface area contributed by atoms with Gasteiger partial charge in [0.05, 0.1) is 0 Å². The van der Waals surface area contributed by atoms with Crippen molar-refractivity contribution in [2.75, 3.05) is 0 Å². The molecule has 1 aliphatic heterocycles. The Balaban J connectivity index is 2.89. The minimum Gasteiger partial charge on any atom is -0.0341 e. The van der Waals surface area contributed by atoms with E-state index in [0.29, 0.717) is 5.17 Å². The van der Waals surface area contributed by atoms with Crippen molar-refractivity contribution < 1.29 is 0 Å². The molecule has 0 aromatic rings. The van der Waals surface area contributed by atoms with Gasteiger partial charge in [-0.3, -0.25) is 0 Å². The standard InChI is InChI=1S/C4H2Cl2N2/c5-3-1-2-7-4(6)8-3/h1-2H/q+1. The Kier molecular flexibility index (Phi) is 1.65. The Hall–Kier alpha value is -0.340. The van der Waals surface area contributed by atoms with Crippen LogP contribution in [0.1, 0.15) is 0 Å². The van der Waals surface area contributed by atoms with Crippen LogP contribution in [-0.2, 0) is 0 Å². The number of allylic oxidation sites excluding steroid dienone is 1. The lowest BCUT2D eigenvalue weighted by Gasteiger charge is -1.77. The summed E-state index contributed by atoms with van der Waals surface area (Å²) in [5.41, 5.74) is 0. The van der Waals surface area contributed by atoms with E-state index in [1.54, 1.807) is 6.08 Å². The average molecular weight is 149 g/mol. The van der Waals surface area contributed by atoms with E-state index in [0.717, 1.165) is 0 Å². The third-order valence-corrected chi connectivity index (χ3v) is 0.985. The van der Waals surface area contributed by atoms with Crippen molar-refractivity contribution in [2.45, 2.75) is 0 Å². The summed E-state index contributed by atoms with van der Waals surface area (Å²) >= 11 is 10.7. The first kappa shape index (κ1) is 5.79. The van der Waals surface area contributed by atoms with Crippen LogP contribution in [0.4, 0.5) is 0 Å². The van der Waals surface area contributed by atoms with Crippen molar-refractivity contribution in [3.05, 3.63) is 12.3 Å². The Morgan fingerprint density at radius 2 is 2.25 bits per heavy atom. The maximum Gasteiger partial charge on any atom is 0.438 e. The summed E-state index contributed by atoms with van der Waals surface area (Å²) in [6.45, 7) is 0. The highest BCUT2D eigenvalue weighted by atomic mass is 35.5. The third-order valence-electron chi connectivity index (χ3n) is 0.592. The van der Waals surface area contributed by atoms with Gasteiger partial charge in [-0.1, -0.05) is 0 Å². The molecule has 0 saturated carbocycles. The molecule has 0 N–H and O–H groups in total. The molecule has 0 unspecified atom stereocenters. The first-order valence-electron chi connectivity index (χ1n) is 1.93. The fraction of sp³-hybridized carbons (Fsp3) is 0. The second-order valence-corrected chi connectivity index (χ2v) is 1.87. The topological polar surface area (TPSA) is 26.5 Å². The summed E-state index contributed by atoms with van der Waals surface area (Å²) in [4.78, 5) is 7.20. The predicted molar refractivity (Wildman–Crippen MR) is 35.4 cm³/mol. The fourth-order valence-corrected chi connectivity index (χ4v) is 0.642.